The van der Waals surface area contributed by atoms with E-state index in [1.807, 2.05) is 30.6 Å². The Balaban J connectivity index is 0.00000497. The molecule has 281 valence electrons. The second-order valence-electron chi connectivity index (χ2n) is 13.3. The predicted molar refractivity (Wildman–Crippen MR) is 195 cm³/mol. The van der Waals surface area contributed by atoms with Crippen LogP contribution >= 0.6 is 11.6 Å². The number of ether oxygens (including phenoxy) is 1. The number of aryl methyl sites for hydroxylation is 2. The molecule has 0 bridgehead atoms. The fourth-order valence-corrected chi connectivity index (χ4v) is 7.81. The molecule has 16 heteroatoms. The number of nitrogens with zero attached hydrogens (tertiary/aromatic N) is 6. The SMILES string of the molecule is COc1nc(-c2cccc(-c3cccc(Nc4nc(C(F)(F)F)nc5c4c(=O)n(C)c(=O)n5C)c3C)c2Cl)cc2c1[C@@H](N1CC[C-](CC[C-]=O)C1)CC2.[Mn+2]. The summed E-state index contributed by atoms with van der Waals surface area (Å²) in [6.45, 7) is 3.53. The van der Waals surface area contributed by atoms with Crippen LogP contribution in [0.2, 0.25) is 5.02 Å². The predicted octanol–water partition coefficient (Wildman–Crippen LogP) is 6.64. The number of aromatic nitrogens is 5. The zero-order chi connectivity index (χ0) is 37.8. The Morgan fingerprint density at radius 3 is 2.50 bits per heavy atom. The molecule has 54 heavy (non-hydrogen) atoms. The van der Waals surface area contributed by atoms with Gasteiger partial charge in [0.25, 0.3) is 5.56 Å². The molecule has 7 rings (SSSR count). The van der Waals surface area contributed by atoms with Gasteiger partial charge in [-0.1, -0.05) is 41.9 Å². The first-order valence-electron chi connectivity index (χ1n) is 17.0. The van der Waals surface area contributed by atoms with E-state index in [1.54, 1.807) is 26.2 Å². The van der Waals surface area contributed by atoms with E-state index < -0.39 is 34.7 Å². The third-order valence-corrected chi connectivity index (χ3v) is 10.6. The van der Waals surface area contributed by atoms with Crippen molar-refractivity contribution < 1.29 is 39.8 Å². The molecule has 1 atom stereocenters. The molecule has 1 radical (unpaired) electrons. The van der Waals surface area contributed by atoms with Gasteiger partial charge in [-0.05, 0) is 55.1 Å². The Kier molecular flexibility index (Phi) is 11.1. The van der Waals surface area contributed by atoms with Crippen LogP contribution in [0.25, 0.3) is 33.4 Å². The monoisotopic (exact) mass is 800 g/mol. The maximum absolute atomic E-state index is 13.9. The van der Waals surface area contributed by atoms with E-state index in [-0.39, 0.29) is 28.5 Å². The number of fused-ring (bicyclic) bond motifs is 2. The van der Waals surface area contributed by atoms with Crippen LogP contribution in [0.4, 0.5) is 24.7 Å². The molecule has 0 spiro atoms. The van der Waals surface area contributed by atoms with Gasteiger partial charge in [-0.15, -0.1) is 6.54 Å². The second-order valence-corrected chi connectivity index (χ2v) is 13.7. The molecule has 1 fully saturated rings. The van der Waals surface area contributed by atoms with Crippen molar-refractivity contribution >= 4 is 40.4 Å². The largest absolute Gasteiger partial charge is 2.00 e. The minimum atomic E-state index is -4.95. The first-order valence-corrected chi connectivity index (χ1v) is 17.4. The van der Waals surface area contributed by atoms with Gasteiger partial charge in [-0.2, -0.15) is 26.0 Å². The zero-order valence-electron chi connectivity index (χ0n) is 29.8. The number of anilines is 2. The average molecular weight is 801 g/mol. The number of hydrogen-bond donors (Lipinski definition) is 1. The minimum Gasteiger partial charge on any atom is -0.542 e. The fourth-order valence-electron chi connectivity index (χ4n) is 7.49. The van der Waals surface area contributed by atoms with Gasteiger partial charge in [0.2, 0.25) is 11.7 Å². The van der Waals surface area contributed by atoms with E-state index in [4.69, 9.17) is 21.3 Å². The van der Waals surface area contributed by atoms with E-state index in [0.29, 0.717) is 51.0 Å². The number of halogens is 4. The molecule has 0 amide bonds. The smallest absolute Gasteiger partial charge is 0.542 e. The van der Waals surface area contributed by atoms with Crippen LogP contribution in [-0.4, -0.2) is 55.5 Å². The van der Waals surface area contributed by atoms with Gasteiger partial charge in [-0.3, -0.25) is 20.2 Å². The van der Waals surface area contributed by atoms with Crippen LogP contribution in [0.3, 0.4) is 0 Å². The van der Waals surface area contributed by atoms with E-state index >= 15 is 0 Å². The second kappa shape index (κ2) is 15.3. The number of carbonyl (C=O) groups excluding carboxylic acids is 1. The number of methoxy groups -OCH3 is 1. The topological polar surface area (TPSA) is 124 Å². The summed E-state index contributed by atoms with van der Waals surface area (Å²) in [5, 5.41) is 3.07. The van der Waals surface area contributed by atoms with E-state index in [0.717, 1.165) is 59.0 Å². The van der Waals surface area contributed by atoms with Crippen molar-refractivity contribution in [3.63, 3.8) is 0 Å². The van der Waals surface area contributed by atoms with Crippen molar-refractivity contribution in [2.45, 2.75) is 51.2 Å². The first-order chi connectivity index (χ1) is 25.3. The van der Waals surface area contributed by atoms with Crippen LogP contribution < -0.4 is 21.3 Å². The first kappa shape index (κ1) is 39.1. The molecule has 11 nitrogen and oxygen atoms in total. The van der Waals surface area contributed by atoms with Gasteiger partial charge in [0, 0.05) is 42.5 Å². The van der Waals surface area contributed by atoms with Crippen molar-refractivity contribution in [1.82, 2.24) is 29.0 Å². The summed E-state index contributed by atoms with van der Waals surface area (Å²) < 4.78 is 49.3. The summed E-state index contributed by atoms with van der Waals surface area (Å²) in [5.74, 6) is 0.00303. The molecule has 1 saturated heterocycles. The summed E-state index contributed by atoms with van der Waals surface area (Å²) in [4.78, 5) is 51.2. The average Bonchev–Trinajstić information content (AvgIpc) is 3.79. The van der Waals surface area contributed by atoms with E-state index in [2.05, 4.69) is 26.3 Å². The summed E-state index contributed by atoms with van der Waals surface area (Å²) >= 11 is 7.16. The molecule has 1 aliphatic heterocycles. The number of alkyl halides is 3. The van der Waals surface area contributed by atoms with Gasteiger partial charge < -0.3 is 25.7 Å². The Morgan fingerprint density at radius 1 is 1.06 bits per heavy atom. The van der Waals surface area contributed by atoms with Crippen LogP contribution in [0.1, 0.15) is 54.2 Å². The maximum Gasteiger partial charge on any atom is 2.00 e. The Bertz CT molecular complexity index is 2400. The van der Waals surface area contributed by atoms with Crippen molar-refractivity contribution in [3.8, 4) is 28.3 Å². The molecular weight excluding hydrogens is 766 g/mol. The standard InChI is InChI=1S/C38H35ClF3N7O4.Mn/c1-20-23(9-6-12-26(20)43-32-30-33(46-36(45-32)38(40,41)42)47(2)37(52)48(3)35(30)51)24-10-5-11-25(31(24)39)27-18-22-13-14-28(29(22)34(44-27)53-4)49-16-15-21(19-49)8-7-17-50;/h5-6,9-12,18,28H,7-8,13-16,19H2,1-4H3,(H,43,45,46);/q-2;+2/t28-;/m0./s1. The van der Waals surface area contributed by atoms with Gasteiger partial charge in [-0.25, -0.2) is 26.2 Å². The molecule has 0 saturated carbocycles. The van der Waals surface area contributed by atoms with Crippen molar-refractivity contribution in [3.05, 3.63) is 96.8 Å². The third kappa shape index (κ3) is 6.94. The van der Waals surface area contributed by atoms with E-state index in [9.17, 15) is 27.6 Å². The number of rotatable bonds is 9. The number of pyridine rings is 1. The number of nitrogens with one attached hydrogen (secondary N) is 1. The molecule has 2 aromatic carbocycles. The normalized spacial score (nSPS) is 16.0. The van der Waals surface area contributed by atoms with Crippen molar-refractivity contribution in [1.29, 1.82) is 0 Å². The van der Waals surface area contributed by atoms with Gasteiger partial charge in [0.15, 0.2) is 5.65 Å². The van der Waals surface area contributed by atoms with E-state index in [1.165, 1.54) is 20.0 Å². The van der Waals surface area contributed by atoms with Crippen molar-refractivity contribution in [2.75, 3.05) is 25.5 Å². The van der Waals surface area contributed by atoms with Crippen LogP contribution in [-0.2, 0) is 48.6 Å². The third-order valence-electron chi connectivity index (χ3n) is 10.2. The fraction of sp³-hybridized carbons (Fsp3) is 0.342. The van der Waals surface area contributed by atoms with Gasteiger partial charge >= 0.3 is 28.9 Å². The quantitative estimate of drug-likeness (QED) is 0.129. The molecule has 1 aliphatic carbocycles. The molecule has 5 aromatic rings. The minimum absolute atomic E-state index is 0. The van der Waals surface area contributed by atoms with Gasteiger partial charge in [0.05, 0.1) is 17.8 Å². The Morgan fingerprint density at radius 2 is 1.78 bits per heavy atom. The maximum atomic E-state index is 13.9. The molecule has 4 heterocycles. The Hall–Kier alpha value is -4.56. The molecular formula is C38H35ClF3MnN7O4. The van der Waals surface area contributed by atoms with Crippen molar-refractivity contribution in [2.24, 2.45) is 14.1 Å². The number of hydrogen-bond acceptors (Lipinski definition) is 9. The van der Waals surface area contributed by atoms with Crippen LogP contribution in [0.15, 0.2) is 52.1 Å². The van der Waals surface area contributed by atoms with Crippen LogP contribution in [0, 0.1) is 12.8 Å². The summed E-state index contributed by atoms with van der Waals surface area (Å²) in [5.41, 5.74) is 3.71. The summed E-state index contributed by atoms with van der Waals surface area (Å²) in [6, 6.07) is 13.0. The summed E-state index contributed by atoms with van der Waals surface area (Å²) in [7, 11) is 4.08. The zero-order valence-corrected chi connectivity index (χ0v) is 31.7. The summed E-state index contributed by atoms with van der Waals surface area (Å²) in [6.07, 6.45) is 0.957. The number of likely N-dealkylation sites (tertiary alicyclic amines) is 1. The van der Waals surface area contributed by atoms with Crippen LogP contribution in [0.5, 0.6) is 5.88 Å². The number of benzene rings is 2. The molecule has 2 aliphatic rings. The molecule has 3 aromatic heterocycles. The Labute approximate surface area is 324 Å². The van der Waals surface area contributed by atoms with Gasteiger partial charge in [0.1, 0.15) is 11.2 Å². The molecule has 1 N–H and O–H groups in total. The molecule has 0 unspecified atom stereocenters.